The number of carbonyl (C=O) groups is 1. The van der Waals surface area contributed by atoms with E-state index in [1.165, 1.54) is 30.6 Å². The molecule has 1 aromatic heterocycles. The second kappa shape index (κ2) is 4.45. The second-order valence-electron chi connectivity index (χ2n) is 4.60. The molecule has 1 heterocycles. The number of hydrogen-bond donors (Lipinski definition) is 1. The first-order valence-corrected chi connectivity index (χ1v) is 6.51. The van der Waals surface area contributed by atoms with Crippen LogP contribution in [0, 0.1) is 5.92 Å². The molecule has 0 atom stereocenters. The Balaban J connectivity index is 2.07. The van der Waals surface area contributed by atoms with Gasteiger partial charge in [0.15, 0.2) is 5.78 Å². The molecule has 1 aliphatic rings. The molecule has 2 rings (SSSR count). The monoisotopic (exact) mass is 238 g/mol. The van der Waals surface area contributed by atoms with Gasteiger partial charge in [-0.05, 0) is 24.8 Å². The number of anilines is 2. The lowest BCUT2D eigenvalue weighted by Gasteiger charge is -2.30. The van der Waals surface area contributed by atoms with Crippen molar-refractivity contribution in [2.45, 2.75) is 26.2 Å². The number of rotatable bonds is 4. The largest absolute Gasteiger partial charge is 0.397 e. The van der Waals surface area contributed by atoms with E-state index in [0.717, 1.165) is 17.5 Å². The molecule has 88 valence electrons. The van der Waals surface area contributed by atoms with E-state index in [1.54, 1.807) is 6.92 Å². The van der Waals surface area contributed by atoms with Gasteiger partial charge in [-0.2, -0.15) is 0 Å². The molecule has 1 aliphatic carbocycles. The van der Waals surface area contributed by atoms with Gasteiger partial charge < -0.3 is 10.6 Å². The van der Waals surface area contributed by atoms with Crippen LogP contribution in [0.15, 0.2) is 6.07 Å². The van der Waals surface area contributed by atoms with Crippen molar-refractivity contribution in [2.75, 3.05) is 24.2 Å². The molecule has 0 saturated heterocycles. The van der Waals surface area contributed by atoms with Crippen LogP contribution in [-0.2, 0) is 0 Å². The summed E-state index contributed by atoms with van der Waals surface area (Å²) in [5.41, 5.74) is 6.44. The lowest BCUT2D eigenvalue weighted by Crippen LogP contribution is -2.28. The van der Waals surface area contributed by atoms with Gasteiger partial charge in [-0.1, -0.05) is 6.42 Å². The third-order valence-corrected chi connectivity index (χ3v) is 4.57. The molecule has 0 aliphatic heterocycles. The van der Waals surface area contributed by atoms with Gasteiger partial charge in [0.05, 0.1) is 15.6 Å². The Hall–Kier alpha value is -1.03. The third kappa shape index (κ3) is 2.21. The molecule has 0 amide bonds. The van der Waals surface area contributed by atoms with Crippen molar-refractivity contribution in [2.24, 2.45) is 5.92 Å². The number of nitrogen functional groups attached to an aromatic ring is 1. The van der Waals surface area contributed by atoms with E-state index in [4.69, 9.17) is 5.73 Å². The van der Waals surface area contributed by atoms with Gasteiger partial charge in [0.2, 0.25) is 0 Å². The Bertz CT molecular complexity index is 396. The van der Waals surface area contributed by atoms with Crippen molar-refractivity contribution in [3.63, 3.8) is 0 Å². The van der Waals surface area contributed by atoms with Crippen LogP contribution in [0.2, 0.25) is 0 Å². The Morgan fingerprint density at radius 3 is 2.75 bits per heavy atom. The van der Waals surface area contributed by atoms with Crippen molar-refractivity contribution in [3.05, 3.63) is 10.9 Å². The molecule has 4 heteroatoms. The summed E-state index contributed by atoms with van der Waals surface area (Å²) in [7, 11) is 2.08. The first-order valence-electron chi connectivity index (χ1n) is 5.69. The van der Waals surface area contributed by atoms with Gasteiger partial charge in [-0.25, -0.2) is 0 Å². The van der Waals surface area contributed by atoms with Crippen molar-refractivity contribution >= 4 is 27.8 Å². The fourth-order valence-electron chi connectivity index (χ4n) is 2.01. The number of nitrogens with zero attached hydrogens (tertiary/aromatic N) is 1. The molecule has 1 saturated carbocycles. The van der Waals surface area contributed by atoms with Crippen LogP contribution in [0.3, 0.4) is 0 Å². The summed E-state index contributed by atoms with van der Waals surface area (Å²) in [6.45, 7) is 2.65. The number of ketones is 1. The minimum absolute atomic E-state index is 0.0609. The summed E-state index contributed by atoms with van der Waals surface area (Å²) in [6, 6.07) is 1.92. The molecule has 3 nitrogen and oxygen atoms in total. The van der Waals surface area contributed by atoms with E-state index in [-0.39, 0.29) is 5.78 Å². The van der Waals surface area contributed by atoms with Crippen LogP contribution in [0.1, 0.15) is 35.9 Å². The van der Waals surface area contributed by atoms with E-state index in [1.807, 2.05) is 6.07 Å². The van der Waals surface area contributed by atoms with Crippen LogP contribution in [0.5, 0.6) is 0 Å². The Labute approximate surface area is 100 Å². The fraction of sp³-hybridized carbons (Fsp3) is 0.583. The van der Waals surface area contributed by atoms with Gasteiger partial charge in [0.1, 0.15) is 0 Å². The minimum Gasteiger partial charge on any atom is -0.397 e. The molecule has 0 radical (unpaired) electrons. The topological polar surface area (TPSA) is 46.3 Å². The highest BCUT2D eigenvalue weighted by molar-refractivity contribution is 7.18. The Morgan fingerprint density at radius 2 is 2.31 bits per heavy atom. The first-order chi connectivity index (χ1) is 7.58. The molecular weight excluding hydrogens is 220 g/mol. The van der Waals surface area contributed by atoms with Gasteiger partial charge in [-0.3, -0.25) is 4.79 Å². The number of hydrogen-bond acceptors (Lipinski definition) is 4. The van der Waals surface area contributed by atoms with E-state index in [9.17, 15) is 4.79 Å². The molecule has 0 spiro atoms. The molecule has 0 bridgehead atoms. The van der Waals surface area contributed by atoms with Crippen molar-refractivity contribution < 1.29 is 4.79 Å². The second-order valence-corrected chi connectivity index (χ2v) is 5.63. The summed E-state index contributed by atoms with van der Waals surface area (Å²) in [5, 5.41) is 1.11. The molecule has 16 heavy (non-hydrogen) atoms. The highest BCUT2D eigenvalue weighted by atomic mass is 32.1. The molecule has 0 aromatic carbocycles. The predicted molar refractivity (Wildman–Crippen MR) is 69.3 cm³/mol. The first kappa shape index (κ1) is 11.5. The van der Waals surface area contributed by atoms with E-state index in [0.29, 0.717) is 10.6 Å². The summed E-state index contributed by atoms with van der Waals surface area (Å²) in [5.74, 6) is 0.889. The SMILES string of the molecule is CC(=O)c1sc(N(C)CC2CCC2)cc1N. The normalized spacial score (nSPS) is 15.9. The highest BCUT2D eigenvalue weighted by Crippen LogP contribution is 2.34. The van der Waals surface area contributed by atoms with E-state index >= 15 is 0 Å². The van der Waals surface area contributed by atoms with Crippen LogP contribution in [0.4, 0.5) is 10.7 Å². The van der Waals surface area contributed by atoms with Gasteiger partial charge in [-0.15, -0.1) is 11.3 Å². The van der Waals surface area contributed by atoms with Crippen LogP contribution in [-0.4, -0.2) is 19.4 Å². The van der Waals surface area contributed by atoms with Crippen LogP contribution in [0.25, 0.3) is 0 Å². The third-order valence-electron chi connectivity index (χ3n) is 3.20. The maximum absolute atomic E-state index is 11.3. The number of carbonyl (C=O) groups excluding carboxylic acids is 1. The molecule has 1 fully saturated rings. The summed E-state index contributed by atoms with van der Waals surface area (Å²) in [4.78, 5) is 14.2. The molecule has 1 aromatic rings. The van der Waals surface area contributed by atoms with E-state index < -0.39 is 0 Å². The smallest absolute Gasteiger partial charge is 0.171 e. The molecule has 0 unspecified atom stereocenters. The maximum Gasteiger partial charge on any atom is 0.171 e. The zero-order valence-electron chi connectivity index (χ0n) is 9.82. The number of nitrogens with two attached hydrogens (primary N) is 1. The fourth-order valence-corrected chi connectivity index (χ4v) is 2.95. The zero-order chi connectivity index (χ0) is 11.7. The predicted octanol–water partition coefficient (Wildman–Crippen LogP) is 2.77. The lowest BCUT2D eigenvalue weighted by molar-refractivity contribution is 0.102. The van der Waals surface area contributed by atoms with Gasteiger partial charge in [0.25, 0.3) is 0 Å². The standard InChI is InChI=1S/C12H18N2OS/c1-8(15)12-10(13)6-11(16-12)14(2)7-9-4-3-5-9/h6,9H,3-5,7,13H2,1-2H3. The van der Waals surface area contributed by atoms with Gasteiger partial charge in [0, 0.05) is 20.5 Å². The summed E-state index contributed by atoms with van der Waals surface area (Å²) >= 11 is 1.50. The van der Waals surface area contributed by atoms with E-state index in [2.05, 4.69) is 11.9 Å². The average molecular weight is 238 g/mol. The summed E-state index contributed by atoms with van der Waals surface area (Å²) < 4.78 is 0. The number of Topliss-reactive ketones (excluding diaryl/α,β-unsaturated/α-hetero) is 1. The van der Waals surface area contributed by atoms with Crippen LogP contribution < -0.4 is 10.6 Å². The highest BCUT2D eigenvalue weighted by Gasteiger charge is 2.21. The molecule has 2 N–H and O–H groups in total. The quantitative estimate of drug-likeness (QED) is 0.820. The maximum atomic E-state index is 11.3. The Kier molecular flexibility index (Phi) is 3.19. The number of thiophene rings is 1. The average Bonchev–Trinajstić information content (AvgIpc) is 2.53. The summed E-state index contributed by atoms with van der Waals surface area (Å²) in [6.07, 6.45) is 4.04. The Morgan fingerprint density at radius 1 is 1.62 bits per heavy atom. The zero-order valence-corrected chi connectivity index (χ0v) is 10.6. The van der Waals surface area contributed by atoms with Crippen molar-refractivity contribution in [3.8, 4) is 0 Å². The van der Waals surface area contributed by atoms with Crippen molar-refractivity contribution in [1.29, 1.82) is 0 Å². The molecular formula is C12H18N2OS. The minimum atomic E-state index is 0.0609. The lowest BCUT2D eigenvalue weighted by atomic mass is 9.85. The van der Waals surface area contributed by atoms with Gasteiger partial charge >= 0.3 is 0 Å². The van der Waals surface area contributed by atoms with Crippen LogP contribution >= 0.6 is 11.3 Å². The van der Waals surface area contributed by atoms with Crippen molar-refractivity contribution in [1.82, 2.24) is 0 Å².